The molecule has 1 aliphatic rings. The number of carbonyl (C=O) groups excluding carboxylic acids is 1. The Kier molecular flexibility index (Phi) is 5.86. The van der Waals surface area contributed by atoms with E-state index in [0.29, 0.717) is 34.9 Å². The van der Waals surface area contributed by atoms with Gasteiger partial charge in [-0.15, -0.1) is 0 Å². The Balaban J connectivity index is 2.06. The Morgan fingerprint density at radius 2 is 2.35 bits per heavy atom. The zero-order valence-electron chi connectivity index (χ0n) is 14.9. The summed E-state index contributed by atoms with van der Waals surface area (Å²) in [5.41, 5.74) is 1.93. The molecule has 1 aromatic carbocycles. The number of fused-ring (bicyclic) bond motifs is 1. The fraction of sp³-hybridized carbons (Fsp3) is 0.421. The number of thiazole rings is 1. The number of benzene rings is 1. The molecule has 1 aliphatic heterocycles. The molecule has 0 aliphatic carbocycles. The van der Waals surface area contributed by atoms with Gasteiger partial charge in [-0.05, 0) is 24.6 Å². The molecule has 2 aromatic rings. The number of carbonyl (C=O) groups is 1. The van der Waals surface area contributed by atoms with Crippen LogP contribution in [0.15, 0.2) is 23.2 Å². The maximum Gasteiger partial charge on any atom is 0.283 e. The first-order valence-corrected chi connectivity index (χ1v) is 9.46. The van der Waals surface area contributed by atoms with Crippen molar-refractivity contribution in [2.45, 2.75) is 39.3 Å². The highest BCUT2D eigenvalue weighted by Gasteiger charge is 2.19. The Morgan fingerprint density at radius 3 is 3.08 bits per heavy atom. The minimum absolute atomic E-state index is 0.302. The minimum Gasteiger partial charge on any atom is -0.496 e. The third-order valence-electron chi connectivity index (χ3n) is 4.30. The van der Waals surface area contributed by atoms with Crippen molar-refractivity contribution < 1.29 is 14.3 Å². The van der Waals surface area contributed by atoms with Gasteiger partial charge in [0.1, 0.15) is 5.75 Å². The van der Waals surface area contributed by atoms with Crippen LogP contribution in [0.4, 0.5) is 0 Å². The SMILES string of the molecule is CCCCn1c2c(s/c1=N\C(=O)c1cc(C#N)ccc1OC)COCC2. The molecule has 3 rings (SSSR count). The number of hydrogen-bond acceptors (Lipinski definition) is 5. The van der Waals surface area contributed by atoms with E-state index in [1.54, 1.807) is 12.1 Å². The molecule has 26 heavy (non-hydrogen) atoms. The quantitative estimate of drug-likeness (QED) is 0.809. The maximum atomic E-state index is 12.8. The fourth-order valence-corrected chi connectivity index (χ4v) is 4.07. The van der Waals surface area contributed by atoms with Gasteiger partial charge in [0.05, 0.1) is 42.4 Å². The van der Waals surface area contributed by atoms with Gasteiger partial charge in [-0.1, -0.05) is 24.7 Å². The molecular formula is C19H21N3O3S. The first-order chi connectivity index (χ1) is 12.7. The lowest BCUT2D eigenvalue weighted by molar-refractivity contribution is 0.0994. The molecule has 2 heterocycles. The van der Waals surface area contributed by atoms with E-state index in [-0.39, 0.29) is 0 Å². The van der Waals surface area contributed by atoms with Gasteiger partial charge >= 0.3 is 0 Å². The third-order valence-corrected chi connectivity index (χ3v) is 5.40. The topological polar surface area (TPSA) is 76.6 Å². The number of amides is 1. The first kappa shape index (κ1) is 18.4. The number of nitrogens with zero attached hydrogens (tertiary/aromatic N) is 3. The van der Waals surface area contributed by atoms with Crippen LogP contribution in [0.25, 0.3) is 0 Å². The summed E-state index contributed by atoms with van der Waals surface area (Å²) in [5, 5.41) is 9.10. The number of aromatic nitrogens is 1. The summed E-state index contributed by atoms with van der Waals surface area (Å²) in [7, 11) is 1.50. The van der Waals surface area contributed by atoms with Crippen molar-refractivity contribution in [3.8, 4) is 11.8 Å². The van der Waals surface area contributed by atoms with E-state index in [4.69, 9.17) is 14.7 Å². The number of unbranched alkanes of at least 4 members (excludes halogenated alkanes) is 1. The summed E-state index contributed by atoms with van der Waals surface area (Å²) in [5.74, 6) is 0.0197. The molecule has 0 unspecified atom stereocenters. The first-order valence-electron chi connectivity index (χ1n) is 8.64. The lowest BCUT2D eigenvalue weighted by Gasteiger charge is -2.14. The Morgan fingerprint density at radius 1 is 1.50 bits per heavy atom. The molecule has 0 radical (unpaired) electrons. The second kappa shape index (κ2) is 8.30. The van der Waals surface area contributed by atoms with Gasteiger partial charge in [0, 0.05) is 18.7 Å². The number of rotatable bonds is 5. The molecule has 0 N–H and O–H groups in total. The van der Waals surface area contributed by atoms with Crippen LogP contribution in [0, 0.1) is 11.3 Å². The zero-order chi connectivity index (χ0) is 18.5. The molecular weight excluding hydrogens is 350 g/mol. The molecule has 0 fully saturated rings. The summed E-state index contributed by atoms with van der Waals surface area (Å²) in [6.07, 6.45) is 2.94. The molecule has 0 atom stereocenters. The lowest BCUT2D eigenvalue weighted by Crippen LogP contribution is -2.21. The van der Waals surface area contributed by atoms with Crippen molar-refractivity contribution in [2.75, 3.05) is 13.7 Å². The van der Waals surface area contributed by atoms with Crippen molar-refractivity contribution in [1.82, 2.24) is 4.57 Å². The van der Waals surface area contributed by atoms with Crippen LogP contribution in [0.3, 0.4) is 0 Å². The summed E-state index contributed by atoms with van der Waals surface area (Å²) >= 11 is 1.50. The van der Waals surface area contributed by atoms with Crippen LogP contribution in [0.1, 0.15) is 46.3 Å². The van der Waals surface area contributed by atoms with Crippen LogP contribution in [-0.4, -0.2) is 24.2 Å². The van der Waals surface area contributed by atoms with Crippen molar-refractivity contribution in [3.05, 3.63) is 44.7 Å². The van der Waals surface area contributed by atoms with Crippen LogP contribution in [0.5, 0.6) is 5.75 Å². The summed E-state index contributed by atoms with van der Waals surface area (Å²) < 4.78 is 12.9. The van der Waals surface area contributed by atoms with Gasteiger partial charge in [0.15, 0.2) is 4.80 Å². The van der Waals surface area contributed by atoms with E-state index < -0.39 is 5.91 Å². The predicted octanol–water partition coefficient (Wildman–Crippen LogP) is 3.04. The van der Waals surface area contributed by atoms with Gasteiger partial charge in [0.25, 0.3) is 5.91 Å². The second-order valence-corrected chi connectivity index (χ2v) is 7.07. The van der Waals surface area contributed by atoms with E-state index in [2.05, 4.69) is 16.5 Å². The Hall–Kier alpha value is -2.43. The number of nitriles is 1. The maximum absolute atomic E-state index is 12.8. The van der Waals surface area contributed by atoms with Gasteiger partial charge in [-0.3, -0.25) is 4.79 Å². The van der Waals surface area contributed by atoms with Crippen LogP contribution in [0.2, 0.25) is 0 Å². The number of ether oxygens (including phenoxy) is 2. The molecule has 7 heteroatoms. The monoisotopic (exact) mass is 371 g/mol. The number of hydrogen-bond donors (Lipinski definition) is 0. The highest BCUT2D eigenvalue weighted by atomic mass is 32.1. The van der Waals surface area contributed by atoms with Gasteiger partial charge in [-0.25, -0.2) is 0 Å². The molecule has 0 spiro atoms. The summed E-state index contributed by atoms with van der Waals surface area (Å²) in [6.45, 7) is 4.25. The largest absolute Gasteiger partial charge is 0.496 e. The van der Waals surface area contributed by atoms with E-state index in [9.17, 15) is 4.79 Å². The molecule has 6 nitrogen and oxygen atoms in total. The Labute approximate surface area is 156 Å². The number of methoxy groups -OCH3 is 1. The predicted molar refractivity (Wildman–Crippen MR) is 98.2 cm³/mol. The molecule has 1 aromatic heterocycles. The third kappa shape index (κ3) is 3.71. The van der Waals surface area contributed by atoms with Crippen molar-refractivity contribution >= 4 is 17.2 Å². The van der Waals surface area contributed by atoms with E-state index in [1.165, 1.54) is 30.2 Å². The molecule has 0 bridgehead atoms. The van der Waals surface area contributed by atoms with E-state index >= 15 is 0 Å². The summed E-state index contributed by atoms with van der Waals surface area (Å²) in [4.78, 5) is 19.0. The lowest BCUT2D eigenvalue weighted by atomic mass is 10.1. The standard InChI is InChI=1S/C19H21N3O3S/c1-3-4-8-22-15-7-9-25-12-17(15)26-19(22)21-18(23)14-10-13(11-20)5-6-16(14)24-2/h5-6,10H,3-4,7-9,12H2,1-2H3/b21-19-. The minimum atomic E-state index is -0.399. The molecule has 0 saturated carbocycles. The van der Waals surface area contributed by atoms with Crippen LogP contribution < -0.4 is 9.54 Å². The van der Waals surface area contributed by atoms with Crippen molar-refractivity contribution in [2.24, 2.45) is 4.99 Å². The van der Waals surface area contributed by atoms with E-state index in [0.717, 1.165) is 30.7 Å². The van der Waals surface area contributed by atoms with Gasteiger partial charge in [0.2, 0.25) is 0 Å². The molecule has 0 saturated heterocycles. The Bertz CT molecular complexity index is 921. The van der Waals surface area contributed by atoms with E-state index in [1.807, 2.05) is 6.07 Å². The average Bonchev–Trinajstić information content (AvgIpc) is 3.02. The van der Waals surface area contributed by atoms with Crippen molar-refractivity contribution in [3.63, 3.8) is 0 Å². The van der Waals surface area contributed by atoms with Gasteiger partial charge < -0.3 is 14.0 Å². The van der Waals surface area contributed by atoms with Crippen LogP contribution >= 0.6 is 11.3 Å². The van der Waals surface area contributed by atoms with Crippen molar-refractivity contribution in [1.29, 1.82) is 5.26 Å². The van der Waals surface area contributed by atoms with Crippen LogP contribution in [-0.2, 0) is 24.3 Å². The normalized spacial score (nSPS) is 14.0. The highest BCUT2D eigenvalue weighted by molar-refractivity contribution is 7.09. The second-order valence-electron chi connectivity index (χ2n) is 6.01. The summed E-state index contributed by atoms with van der Waals surface area (Å²) in [6, 6.07) is 6.82. The average molecular weight is 371 g/mol. The fourth-order valence-electron chi connectivity index (χ4n) is 2.93. The molecule has 1 amide bonds. The highest BCUT2D eigenvalue weighted by Crippen LogP contribution is 2.22. The van der Waals surface area contributed by atoms with Gasteiger partial charge in [-0.2, -0.15) is 10.3 Å². The molecule has 136 valence electrons. The zero-order valence-corrected chi connectivity index (χ0v) is 15.8. The smallest absolute Gasteiger partial charge is 0.283 e.